The number of benzene rings is 1. The van der Waals surface area contributed by atoms with Crippen LogP contribution in [0.2, 0.25) is 19.6 Å². The molecule has 1 nitrogen and oxygen atoms in total. The van der Waals surface area contributed by atoms with Crippen LogP contribution in [0.5, 0.6) is 0 Å². The summed E-state index contributed by atoms with van der Waals surface area (Å²) in [6.45, 7) is 14.2. The molecule has 0 N–H and O–H groups in total. The van der Waals surface area contributed by atoms with Crippen molar-refractivity contribution in [1.29, 1.82) is 0 Å². The maximum Gasteiger partial charge on any atom is 0.0780 e. The van der Waals surface area contributed by atoms with Crippen molar-refractivity contribution in [2.75, 3.05) is 0 Å². The molecular formula is C16H25NSi. The smallest absolute Gasteiger partial charge is 0.0780 e. The average molecular weight is 259 g/mol. The van der Waals surface area contributed by atoms with Crippen molar-refractivity contribution in [2.45, 2.75) is 52.1 Å². The van der Waals surface area contributed by atoms with Crippen LogP contribution in [-0.2, 0) is 0 Å². The quantitative estimate of drug-likeness (QED) is 0.566. The van der Waals surface area contributed by atoms with Gasteiger partial charge in [-0.25, -0.2) is 0 Å². The molecule has 1 aromatic carbocycles. The lowest BCUT2D eigenvalue weighted by Gasteiger charge is -2.20. The van der Waals surface area contributed by atoms with Crippen molar-refractivity contribution < 1.29 is 0 Å². The van der Waals surface area contributed by atoms with Crippen LogP contribution in [0.4, 0.5) is 0 Å². The van der Waals surface area contributed by atoms with E-state index in [1.165, 1.54) is 11.1 Å². The number of rotatable bonds is 3. The predicted molar refractivity (Wildman–Crippen MR) is 82.2 cm³/mol. The van der Waals surface area contributed by atoms with Crippen LogP contribution in [0.1, 0.15) is 32.4 Å². The third-order valence-corrected chi connectivity index (χ3v) is 5.97. The number of allylic oxidation sites excluding steroid dienone is 1. The highest BCUT2D eigenvalue weighted by Gasteiger charge is 2.51. The lowest BCUT2D eigenvalue weighted by Crippen LogP contribution is -2.32. The van der Waals surface area contributed by atoms with Crippen LogP contribution >= 0.6 is 0 Å². The first-order valence-electron chi connectivity index (χ1n) is 6.84. The van der Waals surface area contributed by atoms with Crippen LogP contribution in [0.15, 0.2) is 41.6 Å². The van der Waals surface area contributed by atoms with Crippen molar-refractivity contribution in [3.8, 4) is 0 Å². The molecule has 1 aliphatic heterocycles. The molecule has 2 rings (SSSR count). The van der Waals surface area contributed by atoms with Crippen molar-refractivity contribution in [3.63, 3.8) is 0 Å². The van der Waals surface area contributed by atoms with Gasteiger partial charge in [-0.15, -0.1) is 0 Å². The van der Waals surface area contributed by atoms with Gasteiger partial charge in [-0.1, -0.05) is 55.5 Å². The summed E-state index contributed by atoms with van der Waals surface area (Å²) >= 11 is 0. The van der Waals surface area contributed by atoms with Crippen LogP contribution in [0.3, 0.4) is 0 Å². The minimum absolute atomic E-state index is 0.507. The second-order valence-corrected chi connectivity index (χ2v) is 11.9. The molecule has 0 aliphatic carbocycles. The molecule has 18 heavy (non-hydrogen) atoms. The van der Waals surface area contributed by atoms with E-state index in [0.717, 1.165) is 5.67 Å². The topological polar surface area (TPSA) is 3.01 Å². The Bertz CT molecular complexity index is 452. The van der Waals surface area contributed by atoms with Gasteiger partial charge in [0.15, 0.2) is 0 Å². The SMILES string of the molecule is CC(C)=C1[C@@H]([Si](C)(C)C)N1[C@@H](C)c1ccccc1. The fourth-order valence-electron chi connectivity index (χ4n) is 2.89. The van der Waals surface area contributed by atoms with Crippen molar-refractivity contribution in [2.24, 2.45) is 0 Å². The molecule has 1 fully saturated rings. The predicted octanol–water partition coefficient (Wildman–Crippen LogP) is 4.60. The molecule has 1 aromatic rings. The van der Waals surface area contributed by atoms with Gasteiger partial charge in [-0.3, -0.25) is 0 Å². The Labute approximate surface area is 113 Å². The van der Waals surface area contributed by atoms with Gasteiger partial charge in [0.1, 0.15) is 0 Å². The molecule has 0 amide bonds. The summed E-state index contributed by atoms with van der Waals surface area (Å²) in [4.78, 5) is 2.64. The summed E-state index contributed by atoms with van der Waals surface area (Å²) in [7, 11) is -1.14. The molecule has 0 unspecified atom stereocenters. The van der Waals surface area contributed by atoms with Gasteiger partial charge < -0.3 is 4.90 Å². The first-order chi connectivity index (χ1) is 8.34. The molecule has 0 bridgehead atoms. The second kappa shape index (κ2) is 4.58. The molecule has 1 heterocycles. The van der Waals surface area contributed by atoms with E-state index in [1.807, 2.05) is 0 Å². The summed E-state index contributed by atoms with van der Waals surface area (Å²) in [5, 5.41) is 0. The first-order valence-corrected chi connectivity index (χ1v) is 10.4. The normalized spacial score (nSPS) is 20.9. The Morgan fingerprint density at radius 1 is 1.11 bits per heavy atom. The van der Waals surface area contributed by atoms with E-state index in [9.17, 15) is 0 Å². The zero-order chi connectivity index (χ0) is 13.5. The monoisotopic (exact) mass is 259 g/mol. The van der Waals surface area contributed by atoms with Crippen LogP contribution < -0.4 is 0 Å². The third-order valence-electron chi connectivity index (χ3n) is 3.78. The molecule has 0 radical (unpaired) electrons. The molecule has 2 atom stereocenters. The number of hydrogen-bond donors (Lipinski definition) is 0. The van der Waals surface area contributed by atoms with Gasteiger partial charge in [0.25, 0.3) is 0 Å². The highest BCUT2D eigenvalue weighted by molar-refractivity contribution is 6.79. The van der Waals surface area contributed by atoms with Crippen LogP contribution in [-0.4, -0.2) is 18.6 Å². The van der Waals surface area contributed by atoms with Crippen molar-refractivity contribution >= 4 is 8.07 Å². The van der Waals surface area contributed by atoms with Crippen LogP contribution in [0.25, 0.3) is 0 Å². The fourth-order valence-corrected chi connectivity index (χ4v) is 5.27. The molecule has 0 spiro atoms. The molecule has 98 valence electrons. The molecule has 0 aromatic heterocycles. The lowest BCUT2D eigenvalue weighted by atomic mass is 10.1. The molecular weight excluding hydrogens is 234 g/mol. The minimum Gasteiger partial charge on any atom is -0.361 e. The van der Waals surface area contributed by atoms with Crippen molar-refractivity contribution in [3.05, 3.63) is 47.2 Å². The molecule has 2 heteroatoms. The lowest BCUT2D eigenvalue weighted by molar-refractivity contribution is 0.445. The van der Waals surface area contributed by atoms with E-state index in [1.54, 1.807) is 5.70 Å². The van der Waals surface area contributed by atoms with E-state index >= 15 is 0 Å². The Morgan fingerprint density at radius 3 is 2.06 bits per heavy atom. The summed E-state index contributed by atoms with van der Waals surface area (Å²) in [5.74, 6) is 0. The summed E-state index contributed by atoms with van der Waals surface area (Å²) in [6, 6.07) is 11.4. The average Bonchev–Trinajstić information content (AvgIpc) is 3.04. The second-order valence-electron chi connectivity index (χ2n) is 6.65. The Hall–Kier alpha value is -1.02. The summed E-state index contributed by atoms with van der Waals surface area (Å²) in [6.07, 6.45) is 0. The maximum atomic E-state index is 2.64. The van der Waals surface area contributed by atoms with E-state index < -0.39 is 8.07 Å². The Morgan fingerprint density at radius 2 is 1.67 bits per heavy atom. The van der Waals surface area contributed by atoms with E-state index in [0.29, 0.717) is 6.04 Å². The van der Waals surface area contributed by atoms with Gasteiger partial charge in [0.05, 0.1) is 19.8 Å². The van der Waals surface area contributed by atoms with Crippen molar-refractivity contribution in [1.82, 2.24) is 4.90 Å². The number of nitrogens with zero attached hydrogens (tertiary/aromatic N) is 1. The Kier molecular flexibility index (Phi) is 3.41. The first kappa shape index (κ1) is 13.4. The highest BCUT2D eigenvalue weighted by atomic mass is 28.3. The Balaban J connectivity index is 2.27. The zero-order valence-electron chi connectivity index (χ0n) is 12.5. The minimum atomic E-state index is -1.14. The molecule has 0 saturated carbocycles. The van der Waals surface area contributed by atoms with E-state index in [2.05, 4.69) is 75.6 Å². The largest absolute Gasteiger partial charge is 0.361 e. The molecule has 1 saturated heterocycles. The summed E-state index contributed by atoms with van der Waals surface area (Å²) in [5.41, 5.74) is 5.26. The third kappa shape index (κ3) is 2.39. The fraction of sp³-hybridized carbons (Fsp3) is 0.500. The highest BCUT2D eigenvalue weighted by Crippen LogP contribution is 2.48. The van der Waals surface area contributed by atoms with E-state index in [-0.39, 0.29) is 0 Å². The van der Waals surface area contributed by atoms with Gasteiger partial charge in [-0.05, 0) is 26.3 Å². The van der Waals surface area contributed by atoms with Gasteiger partial charge in [0.2, 0.25) is 0 Å². The van der Waals surface area contributed by atoms with Crippen LogP contribution in [0, 0.1) is 0 Å². The van der Waals surface area contributed by atoms with Gasteiger partial charge >= 0.3 is 0 Å². The van der Waals surface area contributed by atoms with E-state index in [4.69, 9.17) is 0 Å². The maximum absolute atomic E-state index is 2.64. The summed E-state index contributed by atoms with van der Waals surface area (Å²) < 4.78 is 0. The van der Waals surface area contributed by atoms with Gasteiger partial charge in [0, 0.05) is 5.70 Å². The van der Waals surface area contributed by atoms with Gasteiger partial charge in [-0.2, -0.15) is 0 Å². The number of hydrogen-bond acceptors (Lipinski definition) is 1. The molecule has 1 aliphatic rings. The zero-order valence-corrected chi connectivity index (χ0v) is 13.5. The standard InChI is InChI=1S/C16H25NSi/c1-12(2)15-16(18(4,5)6)17(15)13(3)14-10-8-7-9-11-14/h7-11,13,16H,1-6H3/t13-,16+,17?/m0/s1.